The zero-order chi connectivity index (χ0) is 11.5. The summed E-state index contributed by atoms with van der Waals surface area (Å²) in [5, 5.41) is 9.04. The van der Waals surface area contributed by atoms with Crippen molar-refractivity contribution in [2.24, 2.45) is 5.92 Å². The molecule has 0 aliphatic heterocycles. The summed E-state index contributed by atoms with van der Waals surface area (Å²) in [5.74, 6) is -0.209. The second-order valence-corrected chi connectivity index (χ2v) is 5.22. The first-order valence-electron chi connectivity index (χ1n) is 4.60. The number of hydrogen-bond acceptors (Lipinski definition) is 3. The van der Waals surface area contributed by atoms with Gasteiger partial charge in [0.05, 0.1) is 5.75 Å². The fraction of sp³-hybridized carbons (Fsp3) is 0.400. The summed E-state index contributed by atoms with van der Waals surface area (Å²) in [6.45, 7) is 1.75. The van der Waals surface area contributed by atoms with E-state index in [1.807, 2.05) is 0 Å². The van der Waals surface area contributed by atoms with Gasteiger partial charge in [0.1, 0.15) is 5.75 Å². The maximum absolute atomic E-state index is 10.6. The van der Waals surface area contributed by atoms with E-state index < -0.39 is 10.1 Å². The molecule has 2 N–H and O–H groups in total. The third-order valence-corrected chi connectivity index (χ3v) is 3.01. The van der Waals surface area contributed by atoms with Crippen molar-refractivity contribution in [3.63, 3.8) is 0 Å². The van der Waals surface area contributed by atoms with Gasteiger partial charge in [0.15, 0.2) is 0 Å². The molecule has 0 radical (unpaired) electrons. The van der Waals surface area contributed by atoms with Gasteiger partial charge in [-0.1, -0.05) is 19.1 Å². The SMILES string of the molecule is CC(Cc1ccc(O)cc1)CS(=O)(=O)O. The Bertz CT molecular complexity index is 408. The molecule has 15 heavy (non-hydrogen) atoms. The highest BCUT2D eigenvalue weighted by molar-refractivity contribution is 7.85. The molecule has 84 valence electrons. The average molecular weight is 230 g/mol. The van der Waals surface area contributed by atoms with E-state index in [4.69, 9.17) is 9.66 Å². The number of hydrogen-bond donors (Lipinski definition) is 2. The standard InChI is InChI=1S/C10H14O4S/c1-8(7-15(12,13)14)6-9-2-4-10(11)5-3-9/h2-5,8,11H,6-7H2,1H3,(H,12,13,14). The minimum Gasteiger partial charge on any atom is -0.508 e. The summed E-state index contributed by atoms with van der Waals surface area (Å²) in [5.41, 5.74) is 0.934. The molecule has 0 aromatic heterocycles. The average Bonchev–Trinajstić information content (AvgIpc) is 2.05. The van der Waals surface area contributed by atoms with Crippen molar-refractivity contribution in [2.45, 2.75) is 13.3 Å². The van der Waals surface area contributed by atoms with Crippen molar-refractivity contribution in [2.75, 3.05) is 5.75 Å². The highest BCUT2D eigenvalue weighted by Crippen LogP contribution is 2.14. The third kappa shape index (κ3) is 4.80. The lowest BCUT2D eigenvalue weighted by atomic mass is 10.0. The zero-order valence-electron chi connectivity index (χ0n) is 8.42. The lowest BCUT2D eigenvalue weighted by Gasteiger charge is -2.09. The van der Waals surface area contributed by atoms with Crippen molar-refractivity contribution in [3.05, 3.63) is 29.8 Å². The molecule has 0 saturated carbocycles. The van der Waals surface area contributed by atoms with Crippen LogP contribution in [0.15, 0.2) is 24.3 Å². The van der Waals surface area contributed by atoms with Crippen molar-refractivity contribution < 1.29 is 18.1 Å². The molecule has 4 nitrogen and oxygen atoms in total. The van der Waals surface area contributed by atoms with Gasteiger partial charge in [-0.2, -0.15) is 8.42 Å². The van der Waals surface area contributed by atoms with Crippen LogP contribution in [0.1, 0.15) is 12.5 Å². The summed E-state index contributed by atoms with van der Waals surface area (Å²) in [6.07, 6.45) is 0.556. The van der Waals surface area contributed by atoms with Crippen LogP contribution >= 0.6 is 0 Å². The van der Waals surface area contributed by atoms with Gasteiger partial charge in [0.25, 0.3) is 10.1 Å². The van der Waals surface area contributed by atoms with E-state index in [9.17, 15) is 8.42 Å². The van der Waals surface area contributed by atoms with Crippen LogP contribution in [0, 0.1) is 5.92 Å². The topological polar surface area (TPSA) is 74.6 Å². The molecule has 0 aliphatic carbocycles. The van der Waals surface area contributed by atoms with Crippen LogP contribution in [-0.2, 0) is 16.5 Å². The molecule has 1 unspecified atom stereocenters. The molecule has 0 spiro atoms. The summed E-state index contributed by atoms with van der Waals surface area (Å²) in [6, 6.07) is 6.57. The van der Waals surface area contributed by atoms with Gasteiger partial charge in [0.2, 0.25) is 0 Å². The van der Waals surface area contributed by atoms with E-state index >= 15 is 0 Å². The monoisotopic (exact) mass is 230 g/mol. The van der Waals surface area contributed by atoms with E-state index in [1.165, 1.54) is 0 Å². The Balaban J connectivity index is 2.59. The third-order valence-electron chi connectivity index (χ3n) is 2.02. The Hall–Kier alpha value is -1.07. The fourth-order valence-electron chi connectivity index (χ4n) is 1.45. The van der Waals surface area contributed by atoms with Crippen molar-refractivity contribution in [1.82, 2.24) is 0 Å². The minimum atomic E-state index is -3.90. The summed E-state index contributed by atoms with van der Waals surface area (Å²) in [7, 11) is -3.90. The van der Waals surface area contributed by atoms with E-state index in [2.05, 4.69) is 0 Å². The van der Waals surface area contributed by atoms with Gasteiger partial charge >= 0.3 is 0 Å². The van der Waals surface area contributed by atoms with E-state index in [1.54, 1.807) is 31.2 Å². The van der Waals surface area contributed by atoms with E-state index in [0.29, 0.717) is 6.42 Å². The van der Waals surface area contributed by atoms with Crippen LogP contribution < -0.4 is 0 Å². The molecule has 1 atom stereocenters. The van der Waals surface area contributed by atoms with Crippen LogP contribution in [-0.4, -0.2) is 23.8 Å². The van der Waals surface area contributed by atoms with Gasteiger partial charge in [-0.3, -0.25) is 4.55 Å². The number of rotatable bonds is 4. The Morgan fingerprint density at radius 3 is 2.27 bits per heavy atom. The molecule has 0 aliphatic rings. The Morgan fingerprint density at radius 1 is 1.27 bits per heavy atom. The summed E-state index contributed by atoms with van der Waals surface area (Å²) in [4.78, 5) is 0. The van der Waals surface area contributed by atoms with Gasteiger partial charge in [-0.25, -0.2) is 0 Å². The van der Waals surface area contributed by atoms with Gasteiger partial charge < -0.3 is 5.11 Å². The first kappa shape index (κ1) is 12.0. The first-order valence-corrected chi connectivity index (χ1v) is 6.21. The second-order valence-electron chi connectivity index (χ2n) is 3.72. The van der Waals surface area contributed by atoms with Crippen molar-refractivity contribution in [3.8, 4) is 5.75 Å². The second kappa shape index (κ2) is 4.63. The Kier molecular flexibility index (Phi) is 3.71. The lowest BCUT2D eigenvalue weighted by Crippen LogP contribution is -2.14. The quantitative estimate of drug-likeness (QED) is 0.768. The normalized spacial score (nSPS) is 13.7. The smallest absolute Gasteiger partial charge is 0.265 e. The molecule has 0 heterocycles. The van der Waals surface area contributed by atoms with Crippen LogP contribution in [0.4, 0.5) is 0 Å². The maximum Gasteiger partial charge on any atom is 0.265 e. The predicted octanol–water partition coefficient (Wildman–Crippen LogP) is 1.46. The molecule has 0 bridgehead atoms. The predicted molar refractivity (Wildman–Crippen MR) is 57.4 cm³/mol. The number of aromatic hydroxyl groups is 1. The summed E-state index contributed by atoms with van der Waals surface area (Å²) >= 11 is 0. The highest BCUT2D eigenvalue weighted by Gasteiger charge is 2.12. The van der Waals surface area contributed by atoms with Crippen LogP contribution in [0.5, 0.6) is 5.75 Å². The number of benzene rings is 1. The van der Waals surface area contributed by atoms with Crippen molar-refractivity contribution in [1.29, 1.82) is 0 Å². The first-order chi connectivity index (χ1) is 6.87. The minimum absolute atomic E-state index is 0.149. The van der Waals surface area contributed by atoms with Crippen LogP contribution in [0.3, 0.4) is 0 Å². The molecular formula is C10H14O4S. The van der Waals surface area contributed by atoms with E-state index in [-0.39, 0.29) is 17.4 Å². The molecule has 1 aromatic carbocycles. The Labute approximate surface area is 89.3 Å². The Morgan fingerprint density at radius 2 is 1.80 bits per heavy atom. The highest BCUT2D eigenvalue weighted by atomic mass is 32.2. The van der Waals surface area contributed by atoms with Gasteiger partial charge in [-0.15, -0.1) is 0 Å². The van der Waals surface area contributed by atoms with Crippen LogP contribution in [0.2, 0.25) is 0 Å². The maximum atomic E-state index is 10.6. The van der Waals surface area contributed by atoms with Gasteiger partial charge in [-0.05, 0) is 30.0 Å². The largest absolute Gasteiger partial charge is 0.508 e. The van der Waals surface area contributed by atoms with Crippen molar-refractivity contribution >= 4 is 10.1 Å². The molecule has 1 rings (SSSR count). The molecular weight excluding hydrogens is 216 g/mol. The van der Waals surface area contributed by atoms with Gasteiger partial charge in [0, 0.05) is 0 Å². The number of phenols is 1. The fourth-order valence-corrected chi connectivity index (χ4v) is 2.29. The molecule has 0 amide bonds. The summed E-state index contributed by atoms with van der Waals surface area (Å²) < 4.78 is 29.8. The molecule has 0 saturated heterocycles. The number of phenolic OH excluding ortho intramolecular Hbond substituents is 1. The zero-order valence-corrected chi connectivity index (χ0v) is 9.24. The molecule has 0 fully saturated rings. The molecule has 1 aromatic rings. The van der Waals surface area contributed by atoms with E-state index in [0.717, 1.165) is 5.56 Å². The molecule has 5 heteroatoms. The lowest BCUT2D eigenvalue weighted by molar-refractivity contribution is 0.467. The van der Waals surface area contributed by atoms with Crippen LogP contribution in [0.25, 0.3) is 0 Å².